The highest BCUT2D eigenvalue weighted by atomic mass is 32.2. The standard InChI is InChI=1S/C11H12F3NO2S/c1-7-6-8(16)2-3-9(7)10(17)15-4-5-18-11(12,13)14/h2-3,6,16H,4-5H2,1H3,(H,15,17). The van der Waals surface area contributed by atoms with E-state index in [2.05, 4.69) is 5.32 Å². The highest BCUT2D eigenvalue weighted by Crippen LogP contribution is 2.29. The Bertz CT molecular complexity index is 435. The SMILES string of the molecule is Cc1cc(O)ccc1C(=O)NCCSC(F)(F)F. The summed E-state index contributed by atoms with van der Waals surface area (Å²) in [5, 5.41) is 11.6. The fraction of sp³-hybridized carbons (Fsp3) is 0.364. The fourth-order valence-corrected chi connectivity index (χ4v) is 1.76. The van der Waals surface area contributed by atoms with Gasteiger partial charge in [-0.05, 0) is 42.4 Å². The van der Waals surface area contributed by atoms with E-state index in [0.717, 1.165) is 0 Å². The van der Waals surface area contributed by atoms with Crippen LogP contribution in [0.2, 0.25) is 0 Å². The van der Waals surface area contributed by atoms with Crippen molar-refractivity contribution in [2.75, 3.05) is 12.3 Å². The van der Waals surface area contributed by atoms with Crippen LogP contribution in [-0.4, -0.2) is 28.8 Å². The third-order valence-corrected chi connectivity index (χ3v) is 2.84. The molecule has 1 rings (SSSR count). The molecule has 0 aliphatic carbocycles. The minimum absolute atomic E-state index is 0.0386. The van der Waals surface area contributed by atoms with Crippen LogP contribution in [0, 0.1) is 6.92 Å². The van der Waals surface area contributed by atoms with Crippen molar-refractivity contribution in [3.05, 3.63) is 29.3 Å². The summed E-state index contributed by atoms with van der Waals surface area (Å²) in [6, 6.07) is 4.20. The zero-order valence-electron chi connectivity index (χ0n) is 9.54. The van der Waals surface area contributed by atoms with Crippen molar-refractivity contribution in [3.63, 3.8) is 0 Å². The Hall–Kier alpha value is -1.37. The Morgan fingerprint density at radius 2 is 2.11 bits per heavy atom. The number of rotatable bonds is 4. The Kier molecular flexibility index (Phi) is 4.89. The average molecular weight is 279 g/mol. The van der Waals surface area contributed by atoms with Gasteiger partial charge in [0, 0.05) is 17.9 Å². The molecule has 100 valence electrons. The van der Waals surface area contributed by atoms with Gasteiger partial charge in [0.2, 0.25) is 0 Å². The van der Waals surface area contributed by atoms with E-state index in [0.29, 0.717) is 11.1 Å². The normalized spacial score (nSPS) is 11.3. The van der Waals surface area contributed by atoms with Gasteiger partial charge in [0.1, 0.15) is 5.75 Å². The number of halogens is 3. The largest absolute Gasteiger partial charge is 0.508 e. The quantitative estimate of drug-likeness (QED) is 0.833. The van der Waals surface area contributed by atoms with Crippen LogP contribution in [0.15, 0.2) is 18.2 Å². The lowest BCUT2D eigenvalue weighted by Gasteiger charge is -2.09. The number of thioether (sulfide) groups is 1. The monoisotopic (exact) mass is 279 g/mol. The molecule has 1 amide bonds. The van der Waals surface area contributed by atoms with Crippen LogP contribution in [0.3, 0.4) is 0 Å². The van der Waals surface area contributed by atoms with E-state index in [-0.39, 0.29) is 29.8 Å². The molecule has 18 heavy (non-hydrogen) atoms. The van der Waals surface area contributed by atoms with Crippen molar-refractivity contribution in [3.8, 4) is 5.75 Å². The number of aryl methyl sites for hydroxylation is 1. The number of carbonyl (C=O) groups excluding carboxylic acids is 1. The van der Waals surface area contributed by atoms with Crippen molar-refractivity contribution >= 4 is 17.7 Å². The maximum Gasteiger partial charge on any atom is 0.441 e. The van der Waals surface area contributed by atoms with Crippen LogP contribution in [0.4, 0.5) is 13.2 Å². The van der Waals surface area contributed by atoms with Crippen molar-refractivity contribution in [2.24, 2.45) is 0 Å². The molecule has 2 N–H and O–H groups in total. The van der Waals surface area contributed by atoms with E-state index in [9.17, 15) is 18.0 Å². The zero-order chi connectivity index (χ0) is 13.8. The number of benzene rings is 1. The molecule has 0 heterocycles. The lowest BCUT2D eigenvalue weighted by molar-refractivity contribution is -0.0327. The molecule has 0 fully saturated rings. The van der Waals surface area contributed by atoms with Crippen LogP contribution in [0.5, 0.6) is 5.75 Å². The Morgan fingerprint density at radius 1 is 1.44 bits per heavy atom. The number of hydrogen-bond donors (Lipinski definition) is 2. The Balaban J connectivity index is 2.46. The number of aromatic hydroxyl groups is 1. The summed E-state index contributed by atoms with van der Waals surface area (Å²) in [4.78, 5) is 11.6. The van der Waals surface area contributed by atoms with E-state index >= 15 is 0 Å². The summed E-state index contributed by atoms with van der Waals surface area (Å²) in [5.41, 5.74) is -3.38. The predicted molar refractivity (Wildman–Crippen MR) is 63.7 cm³/mol. The number of alkyl halides is 3. The van der Waals surface area contributed by atoms with Crippen molar-refractivity contribution in [2.45, 2.75) is 12.4 Å². The summed E-state index contributed by atoms with van der Waals surface area (Å²) in [6.45, 7) is 1.57. The molecular formula is C11H12F3NO2S. The topological polar surface area (TPSA) is 49.3 Å². The lowest BCUT2D eigenvalue weighted by atomic mass is 10.1. The number of nitrogens with one attached hydrogen (secondary N) is 1. The van der Waals surface area contributed by atoms with Gasteiger partial charge in [-0.15, -0.1) is 0 Å². The van der Waals surface area contributed by atoms with Gasteiger partial charge in [-0.1, -0.05) is 0 Å². The molecular weight excluding hydrogens is 267 g/mol. The third kappa shape index (κ3) is 4.87. The van der Waals surface area contributed by atoms with Crippen LogP contribution in [0.1, 0.15) is 15.9 Å². The molecule has 0 bridgehead atoms. The van der Waals surface area contributed by atoms with Gasteiger partial charge in [0.05, 0.1) is 0 Å². The first kappa shape index (κ1) is 14.7. The number of carbonyl (C=O) groups is 1. The van der Waals surface area contributed by atoms with Gasteiger partial charge in [-0.3, -0.25) is 4.79 Å². The van der Waals surface area contributed by atoms with Crippen molar-refractivity contribution in [1.82, 2.24) is 5.32 Å². The van der Waals surface area contributed by atoms with E-state index in [4.69, 9.17) is 5.11 Å². The molecule has 1 aromatic rings. The first-order chi connectivity index (χ1) is 8.29. The number of hydrogen-bond acceptors (Lipinski definition) is 3. The Labute approximate surface area is 106 Å². The second kappa shape index (κ2) is 5.99. The molecule has 0 unspecified atom stereocenters. The number of amides is 1. The van der Waals surface area contributed by atoms with Gasteiger partial charge in [0.25, 0.3) is 5.91 Å². The van der Waals surface area contributed by atoms with Crippen LogP contribution >= 0.6 is 11.8 Å². The van der Waals surface area contributed by atoms with Gasteiger partial charge in [-0.2, -0.15) is 13.2 Å². The first-order valence-corrected chi connectivity index (χ1v) is 6.06. The minimum atomic E-state index is -4.28. The summed E-state index contributed by atoms with van der Waals surface area (Å²) < 4.78 is 35.5. The number of phenols is 1. The molecule has 0 aliphatic rings. The summed E-state index contributed by atoms with van der Waals surface area (Å²) in [5.74, 6) is -0.640. The number of phenolic OH excluding ortho intramolecular Hbond substituents is 1. The predicted octanol–water partition coefficient (Wildman–Crippen LogP) is 2.68. The van der Waals surface area contributed by atoms with E-state index in [1.165, 1.54) is 18.2 Å². The molecule has 7 heteroatoms. The van der Waals surface area contributed by atoms with E-state index in [1.54, 1.807) is 6.92 Å². The maximum absolute atomic E-state index is 11.8. The average Bonchev–Trinajstić information content (AvgIpc) is 2.22. The minimum Gasteiger partial charge on any atom is -0.508 e. The van der Waals surface area contributed by atoms with Crippen molar-refractivity contribution in [1.29, 1.82) is 0 Å². The summed E-state index contributed by atoms with van der Waals surface area (Å²) in [6.07, 6.45) is 0. The summed E-state index contributed by atoms with van der Waals surface area (Å²) >= 11 is -0.177. The highest BCUT2D eigenvalue weighted by molar-refractivity contribution is 8.00. The zero-order valence-corrected chi connectivity index (χ0v) is 10.4. The Morgan fingerprint density at radius 3 is 2.67 bits per heavy atom. The second-order valence-electron chi connectivity index (χ2n) is 3.55. The van der Waals surface area contributed by atoms with Gasteiger partial charge in [-0.25, -0.2) is 0 Å². The van der Waals surface area contributed by atoms with Crippen LogP contribution in [-0.2, 0) is 0 Å². The molecule has 3 nitrogen and oxygen atoms in total. The molecule has 0 spiro atoms. The molecule has 1 aromatic carbocycles. The van der Waals surface area contributed by atoms with Gasteiger partial charge < -0.3 is 10.4 Å². The van der Waals surface area contributed by atoms with Crippen LogP contribution in [0.25, 0.3) is 0 Å². The summed E-state index contributed by atoms with van der Waals surface area (Å²) in [7, 11) is 0. The maximum atomic E-state index is 11.8. The van der Waals surface area contributed by atoms with Crippen molar-refractivity contribution < 1.29 is 23.1 Å². The highest BCUT2D eigenvalue weighted by Gasteiger charge is 2.27. The third-order valence-electron chi connectivity index (χ3n) is 2.11. The first-order valence-electron chi connectivity index (χ1n) is 5.08. The van der Waals surface area contributed by atoms with Gasteiger partial charge in [0.15, 0.2) is 0 Å². The molecule has 0 atom stereocenters. The molecule has 0 radical (unpaired) electrons. The second-order valence-corrected chi connectivity index (χ2v) is 4.71. The molecule has 0 aromatic heterocycles. The molecule has 0 saturated carbocycles. The van der Waals surface area contributed by atoms with E-state index in [1.807, 2.05) is 0 Å². The van der Waals surface area contributed by atoms with Crippen LogP contribution < -0.4 is 5.32 Å². The molecule has 0 saturated heterocycles. The fourth-order valence-electron chi connectivity index (χ4n) is 1.33. The van der Waals surface area contributed by atoms with E-state index < -0.39 is 11.4 Å². The van der Waals surface area contributed by atoms with Gasteiger partial charge >= 0.3 is 5.51 Å². The smallest absolute Gasteiger partial charge is 0.441 e. The lowest BCUT2D eigenvalue weighted by Crippen LogP contribution is -2.27. The molecule has 0 aliphatic heterocycles.